The van der Waals surface area contributed by atoms with Crippen molar-refractivity contribution in [3.8, 4) is 6.07 Å². The average molecular weight is 164 g/mol. The van der Waals surface area contributed by atoms with E-state index in [1.807, 2.05) is 0 Å². The van der Waals surface area contributed by atoms with E-state index in [1.54, 1.807) is 0 Å². The summed E-state index contributed by atoms with van der Waals surface area (Å²) in [4.78, 5) is 2.56. The molecule has 1 heterocycles. The van der Waals surface area contributed by atoms with E-state index in [9.17, 15) is 0 Å². The molecule has 0 aromatic rings. The fourth-order valence-electron chi connectivity index (χ4n) is 2.27. The Morgan fingerprint density at radius 2 is 1.83 bits per heavy atom. The molecule has 0 aromatic carbocycles. The van der Waals surface area contributed by atoms with Gasteiger partial charge in [0, 0.05) is 25.6 Å². The highest BCUT2D eigenvalue weighted by atomic mass is 15.3. The first kappa shape index (κ1) is 8.07. The Bertz CT molecular complexity index is 183. The summed E-state index contributed by atoms with van der Waals surface area (Å²) in [5.41, 5.74) is 0. The molecule has 12 heavy (non-hydrogen) atoms. The largest absolute Gasteiger partial charge is 0.298 e. The monoisotopic (exact) mass is 164 g/mol. The van der Waals surface area contributed by atoms with Crippen LogP contribution in [0, 0.1) is 17.2 Å². The van der Waals surface area contributed by atoms with Crippen molar-refractivity contribution in [3.05, 3.63) is 0 Å². The lowest BCUT2D eigenvalue weighted by atomic mass is 9.84. The van der Waals surface area contributed by atoms with Crippen molar-refractivity contribution < 1.29 is 0 Å². The fraction of sp³-hybridized carbons (Fsp3) is 0.900. The van der Waals surface area contributed by atoms with Crippen molar-refractivity contribution in [2.45, 2.75) is 38.1 Å². The summed E-state index contributed by atoms with van der Waals surface area (Å²) >= 11 is 0. The molecule has 1 aliphatic carbocycles. The van der Waals surface area contributed by atoms with E-state index in [2.05, 4.69) is 11.0 Å². The van der Waals surface area contributed by atoms with Gasteiger partial charge in [-0.15, -0.1) is 0 Å². The van der Waals surface area contributed by atoms with E-state index >= 15 is 0 Å². The van der Waals surface area contributed by atoms with Gasteiger partial charge < -0.3 is 0 Å². The molecule has 0 spiro atoms. The van der Waals surface area contributed by atoms with E-state index < -0.39 is 0 Å². The fourth-order valence-corrected chi connectivity index (χ4v) is 2.27. The Morgan fingerprint density at radius 1 is 1.17 bits per heavy atom. The van der Waals surface area contributed by atoms with Gasteiger partial charge in [0.2, 0.25) is 0 Å². The Labute approximate surface area is 74.2 Å². The molecule has 2 heteroatoms. The first-order chi connectivity index (χ1) is 5.90. The Hall–Kier alpha value is -0.550. The van der Waals surface area contributed by atoms with Crippen molar-refractivity contribution in [3.63, 3.8) is 0 Å². The van der Waals surface area contributed by atoms with Crippen molar-refractivity contribution in [2.75, 3.05) is 13.1 Å². The zero-order valence-corrected chi connectivity index (χ0v) is 7.50. The first-order valence-corrected chi connectivity index (χ1v) is 5.01. The summed E-state index contributed by atoms with van der Waals surface area (Å²) in [6, 6.07) is 3.16. The predicted octanol–water partition coefficient (Wildman–Crippen LogP) is 1.77. The highest BCUT2D eigenvalue weighted by Gasteiger charge is 2.30. The third-order valence-electron chi connectivity index (χ3n) is 3.19. The van der Waals surface area contributed by atoms with Gasteiger partial charge in [0.1, 0.15) is 0 Å². The summed E-state index contributed by atoms with van der Waals surface area (Å²) in [7, 11) is 0. The van der Waals surface area contributed by atoms with Crippen LogP contribution in [-0.4, -0.2) is 24.0 Å². The lowest BCUT2D eigenvalue weighted by Crippen LogP contribution is -2.25. The van der Waals surface area contributed by atoms with Gasteiger partial charge in [0.25, 0.3) is 0 Å². The van der Waals surface area contributed by atoms with Crippen molar-refractivity contribution in [1.82, 2.24) is 4.90 Å². The lowest BCUT2D eigenvalue weighted by Gasteiger charge is -2.27. The number of nitrogens with zero attached hydrogens (tertiary/aromatic N) is 2. The van der Waals surface area contributed by atoms with Crippen LogP contribution in [0.25, 0.3) is 0 Å². The summed E-state index contributed by atoms with van der Waals surface area (Å²) < 4.78 is 0. The zero-order chi connectivity index (χ0) is 8.39. The van der Waals surface area contributed by atoms with Crippen molar-refractivity contribution in [2.24, 2.45) is 5.92 Å². The number of hydrogen-bond acceptors (Lipinski definition) is 2. The second-order valence-corrected chi connectivity index (χ2v) is 4.07. The molecule has 0 radical (unpaired) electrons. The molecule has 0 atom stereocenters. The summed E-state index contributed by atoms with van der Waals surface area (Å²) in [6.45, 7) is 2.65. The van der Waals surface area contributed by atoms with Crippen molar-refractivity contribution in [1.29, 1.82) is 5.26 Å². The predicted molar refractivity (Wildman–Crippen MR) is 47.5 cm³/mol. The van der Waals surface area contributed by atoms with Gasteiger partial charge in [-0.25, -0.2) is 0 Å². The van der Waals surface area contributed by atoms with E-state index in [0.717, 1.165) is 12.5 Å². The van der Waals surface area contributed by atoms with Crippen LogP contribution in [0.4, 0.5) is 0 Å². The van der Waals surface area contributed by atoms with Crippen LogP contribution in [0.15, 0.2) is 0 Å². The molecule has 2 nitrogen and oxygen atoms in total. The summed E-state index contributed by atoms with van der Waals surface area (Å²) in [5, 5.41) is 8.55. The molecule has 0 amide bonds. The number of hydrogen-bond donors (Lipinski definition) is 0. The van der Waals surface area contributed by atoms with Gasteiger partial charge in [-0.2, -0.15) is 5.26 Å². The van der Waals surface area contributed by atoms with E-state index in [-0.39, 0.29) is 0 Å². The zero-order valence-electron chi connectivity index (χ0n) is 7.50. The number of nitriles is 1. The maximum absolute atomic E-state index is 8.55. The normalized spacial score (nSPS) is 35.9. The first-order valence-electron chi connectivity index (χ1n) is 5.01. The van der Waals surface area contributed by atoms with Crippen LogP contribution >= 0.6 is 0 Å². The van der Waals surface area contributed by atoms with Gasteiger partial charge >= 0.3 is 0 Å². The summed E-state index contributed by atoms with van der Waals surface area (Å²) in [6.07, 6.45) is 6.04. The van der Waals surface area contributed by atoms with Crippen LogP contribution in [0.3, 0.4) is 0 Å². The Morgan fingerprint density at radius 3 is 2.33 bits per heavy atom. The second kappa shape index (κ2) is 3.45. The lowest BCUT2D eigenvalue weighted by molar-refractivity contribution is 0.245. The third kappa shape index (κ3) is 1.78. The maximum Gasteiger partial charge on any atom is 0.0624 e. The summed E-state index contributed by atoms with van der Waals surface area (Å²) in [5.74, 6) is 0.714. The molecule has 66 valence electrons. The van der Waals surface area contributed by atoms with Crippen LogP contribution in [0.2, 0.25) is 0 Å². The van der Waals surface area contributed by atoms with Crippen LogP contribution in [0.5, 0.6) is 0 Å². The van der Waals surface area contributed by atoms with Gasteiger partial charge in [-0.3, -0.25) is 4.90 Å². The SMILES string of the molecule is N#CCC1CCC(N2CC2)CC1. The molecule has 1 saturated carbocycles. The minimum Gasteiger partial charge on any atom is -0.298 e. The standard InChI is InChI=1S/C10H16N2/c11-6-5-9-1-3-10(4-2-9)12-7-8-12/h9-10H,1-5,7-8H2. The van der Waals surface area contributed by atoms with Crippen molar-refractivity contribution >= 4 is 0 Å². The maximum atomic E-state index is 8.55. The van der Waals surface area contributed by atoms with Gasteiger partial charge in [0.15, 0.2) is 0 Å². The van der Waals surface area contributed by atoms with E-state index in [0.29, 0.717) is 5.92 Å². The molecule has 0 N–H and O–H groups in total. The molecule has 0 unspecified atom stereocenters. The van der Waals surface area contributed by atoms with E-state index in [1.165, 1.54) is 38.8 Å². The Balaban J connectivity index is 1.73. The van der Waals surface area contributed by atoms with E-state index in [4.69, 9.17) is 5.26 Å². The quantitative estimate of drug-likeness (QED) is 0.581. The molecule has 2 aliphatic rings. The molecule has 1 aliphatic heterocycles. The third-order valence-corrected chi connectivity index (χ3v) is 3.19. The molecule has 2 fully saturated rings. The molecule has 0 bridgehead atoms. The highest BCUT2D eigenvalue weighted by Crippen LogP contribution is 2.31. The van der Waals surface area contributed by atoms with Gasteiger partial charge in [0.05, 0.1) is 6.07 Å². The van der Waals surface area contributed by atoms with Gasteiger partial charge in [-0.05, 0) is 31.6 Å². The second-order valence-electron chi connectivity index (χ2n) is 4.07. The molecule has 2 rings (SSSR count). The minimum absolute atomic E-state index is 0.714. The molecule has 0 aromatic heterocycles. The van der Waals surface area contributed by atoms with Crippen LogP contribution in [0.1, 0.15) is 32.1 Å². The average Bonchev–Trinajstić information content (AvgIpc) is 2.89. The van der Waals surface area contributed by atoms with Crippen LogP contribution < -0.4 is 0 Å². The molecule has 1 saturated heterocycles. The smallest absolute Gasteiger partial charge is 0.0624 e. The molecular formula is C10H16N2. The Kier molecular flexibility index (Phi) is 2.32. The number of rotatable bonds is 2. The molecular weight excluding hydrogens is 148 g/mol. The van der Waals surface area contributed by atoms with Gasteiger partial charge in [-0.1, -0.05) is 0 Å². The van der Waals surface area contributed by atoms with Crippen LogP contribution in [-0.2, 0) is 0 Å². The minimum atomic E-state index is 0.714. The topological polar surface area (TPSA) is 26.8 Å². The highest BCUT2D eigenvalue weighted by molar-refractivity contribution is 4.88.